The van der Waals surface area contributed by atoms with E-state index in [0.717, 1.165) is 5.56 Å². The third-order valence-electron chi connectivity index (χ3n) is 5.42. The summed E-state index contributed by atoms with van der Waals surface area (Å²) < 4.78 is 29.4. The first-order valence-electron chi connectivity index (χ1n) is 10.0. The molecule has 1 saturated heterocycles. The molecular formula is C20H26N8O2S. The number of hydrogen-bond acceptors (Lipinski definition) is 8. The van der Waals surface area contributed by atoms with Crippen LogP contribution in [0, 0.1) is 20.8 Å². The summed E-state index contributed by atoms with van der Waals surface area (Å²) in [6.45, 7) is 7.33. The van der Waals surface area contributed by atoms with E-state index in [1.54, 1.807) is 31.8 Å². The van der Waals surface area contributed by atoms with Crippen LogP contribution in [-0.2, 0) is 17.1 Å². The molecular weight excluding hydrogens is 416 g/mol. The van der Waals surface area contributed by atoms with E-state index < -0.39 is 10.0 Å². The van der Waals surface area contributed by atoms with Gasteiger partial charge >= 0.3 is 0 Å². The number of aryl methyl sites for hydroxylation is 3. The lowest BCUT2D eigenvalue weighted by atomic mass is 10.3. The van der Waals surface area contributed by atoms with Gasteiger partial charge in [-0.2, -0.15) is 9.40 Å². The van der Waals surface area contributed by atoms with Gasteiger partial charge in [0.2, 0.25) is 10.0 Å². The predicted octanol–water partition coefficient (Wildman–Crippen LogP) is 1.78. The molecule has 1 aliphatic heterocycles. The SMILES string of the molecule is Cc1ccc(Nc2ccc(N3CCN(S(=O)(=O)c4c(C)nn(C)c4C)CC3)nn2)nc1. The average molecular weight is 443 g/mol. The summed E-state index contributed by atoms with van der Waals surface area (Å²) in [5.41, 5.74) is 2.26. The maximum absolute atomic E-state index is 13.1. The Kier molecular flexibility index (Phi) is 5.63. The third kappa shape index (κ3) is 4.23. The molecule has 0 saturated carbocycles. The van der Waals surface area contributed by atoms with Crippen LogP contribution in [0.2, 0.25) is 0 Å². The molecule has 164 valence electrons. The fraction of sp³-hybridized carbons (Fsp3) is 0.400. The molecule has 3 aromatic heterocycles. The first-order valence-corrected chi connectivity index (χ1v) is 11.5. The second-order valence-electron chi connectivity index (χ2n) is 7.64. The topological polar surface area (TPSA) is 109 Å². The molecule has 10 nitrogen and oxygen atoms in total. The Balaban J connectivity index is 1.41. The Morgan fingerprint density at radius 2 is 1.65 bits per heavy atom. The number of anilines is 3. The van der Waals surface area contributed by atoms with Crippen molar-refractivity contribution in [2.45, 2.75) is 25.7 Å². The van der Waals surface area contributed by atoms with Gasteiger partial charge in [-0.05, 0) is 44.5 Å². The predicted molar refractivity (Wildman–Crippen MR) is 118 cm³/mol. The van der Waals surface area contributed by atoms with E-state index in [9.17, 15) is 8.42 Å². The summed E-state index contributed by atoms with van der Waals surface area (Å²) in [5.74, 6) is 2.02. The lowest BCUT2D eigenvalue weighted by molar-refractivity contribution is 0.383. The second kappa shape index (κ2) is 8.23. The van der Waals surface area contributed by atoms with Crippen molar-refractivity contribution in [1.29, 1.82) is 0 Å². The lowest BCUT2D eigenvalue weighted by Crippen LogP contribution is -2.49. The zero-order chi connectivity index (χ0) is 22.2. The molecule has 0 spiro atoms. The molecule has 11 heteroatoms. The van der Waals surface area contributed by atoms with Gasteiger partial charge in [0.15, 0.2) is 11.6 Å². The summed E-state index contributed by atoms with van der Waals surface area (Å²) in [6, 6.07) is 7.58. The highest BCUT2D eigenvalue weighted by Crippen LogP contribution is 2.25. The maximum atomic E-state index is 13.1. The van der Waals surface area contributed by atoms with Crippen LogP contribution in [0.1, 0.15) is 17.0 Å². The molecule has 0 bridgehead atoms. The van der Waals surface area contributed by atoms with Crippen LogP contribution in [0.15, 0.2) is 35.4 Å². The Morgan fingerprint density at radius 3 is 2.19 bits per heavy atom. The highest BCUT2D eigenvalue weighted by atomic mass is 32.2. The van der Waals surface area contributed by atoms with Crippen LogP contribution < -0.4 is 10.2 Å². The average Bonchev–Trinajstić information content (AvgIpc) is 3.02. The number of nitrogens with one attached hydrogen (secondary N) is 1. The van der Waals surface area contributed by atoms with Crippen molar-refractivity contribution >= 4 is 27.5 Å². The number of nitrogens with zero attached hydrogens (tertiary/aromatic N) is 7. The van der Waals surface area contributed by atoms with Crippen molar-refractivity contribution in [3.63, 3.8) is 0 Å². The van der Waals surface area contributed by atoms with E-state index in [-0.39, 0.29) is 0 Å². The van der Waals surface area contributed by atoms with Crippen LogP contribution in [0.5, 0.6) is 0 Å². The summed E-state index contributed by atoms with van der Waals surface area (Å²) in [4.78, 5) is 6.64. The molecule has 0 unspecified atom stereocenters. The number of sulfonamides is 1. The number of piperazine rings is 1. The molecule has 31 heavy (non-hydrogen) atoms. The van der Waals surface area contributed by atoms with Crippen LogP contribution in [0.25, 0.3) is 0 Å². The van der Waals surface area contributed by atoms with E-state index in [1.807, 2.05) is 36.1 Å². The van der Waals surface area contributed by atoms with Gasteiger partial charge in [0.25, 0.3) is 0 Å². The van der Waals surface area contributed by atoms with Gasteiger partial charge in [0, 0.05) is 39.4 Å². The fourth-order valence-electron chi connectivity index (χ4n) is 3.65. The molecule has 0 atom stereocenters. The minimum Gasteiger partial charge on any atom is -0.352 e. The first-order chi connectivity index (χ1) is 14.8. The van der Waals surface area contributed by atoms with Crippen molar-refractivity contribution in [1.82, 2.24) is 29.3 Å². The van der Waals surface area contributed by atoms with E-state index in [2.05, 4.69) is 25.6 Å². The summed E-state index contributed by atoms with van der Waals surface area (Å²) in [6.07, 6.45) is 1.78. The minimum absolute atomic E-state index is 0.309. The summed E-state index contributed by atoms with van der Waals surface area (Å²) in [7, 11) is -1.83. The number of rotatable bonds is 5. The van der Waals surface area contributed by atoms with E-state index >= 15 is 0 Å². The fourth-order valence-corrected chi connectivity index (χ4v) is 5.47. The van der Waals surface area contributed by atoms with E-state index in [0.29, 0.717) is 59.9 Å². The zero-order valence-corrected chi connectivity index (χ0v) is 18.9. The summed E-state index contributed by atoms with van der Waals surface area (Å²) in [5, 5.41) is 15.9. The molecule has 4 heterocycles. The molecule has 0 aromatic carbocycles. The quantitative estimate of drug-likeness (QED) is 0.637. The highest BCUT2D eigenvalue weighted by molar-refractivity contribution is 7.89. The molecule has 0 radical (unpaired) electrons. The lowest BCUT2D eigenvalue weighted by Gasteiger charge is -2.34. The first kappa shape index (κ1) is 21.2. The van der Waals surface area contributed by atoms with Crippen molar-refractivity contribution in [2.75, 3.05) is 36.4 Å². The second-order valence-corrected chi connectivity index (χ2v) is 9.51. The van der Waals surface area contributed by atoms with Gasteiger partial charge in [-0.1, -0.05) is 6.07 Å². The highest BCUT2D eigenvalue weighted by Gasteiger charge is 2.33. The molecule has 0 aliphatic carbocycles. The van der Waals surface area contributed by atoms with Gasteiger partial charge in [0.05, 0.1) is 11.4 Å². The third-order valence-corrected chi connectivity index (χ3v) is 7.57. The van der Waals surface area contributed by atoms with Gasteiger partial charge in [-0.3, -0.25) is 4.68 Å². The van der Waals surface area contributed by atoms with Gasteiger partial charge in [-0.25, -0.2) is 13.4 Å². The number of hydrogen-bond donors (Lipinski definition) is 1. The maximum Gasteiger partial charge on any atom is 0.246 e. The van der Waals surface area contributed by atoms with E-state index in [4.69, 9.17) is 0 Å². The number of pyridine rings is 1. The zero-order valence-electron chi connectivity index (χ0n) is 18.1. The smallest absolute Gasteiger partial charge is 0.246 e. The Labute approximate surface area is 182 Å². The van der Waals surface area contributed by atoms with Crippen molar-refractivity contribution in [3.05, 3.63) is 47.4 Å². The van der Waals surface area contributed by atoms with Crippen LogP contribution in [0.3, 0.4) is 0 Å². The van der Waals surface area contributed by atoms with Crippen molar-refractivity contribution in [2.24, 2.45) is 7.05 Å². The molecule has 1 N–H and O–H groups in total. The Morgan fingerprint density at radius 1 is 0.935 bits per heavy atom. The molecule has 1 fully saturated rings. The molecule has 1 aliphatic rings. The molecule has 4 rings (SSSR count). The van der Waals surface area contributed by atoms with Crippen LogP contribution in [-0.4, -0.2) is 63.9 Å². The Hall–Kier alpha value is -3.05. The monoisotopic (exact) mass is 442 g/mol. The van der Waals surface area contributed by atoms with Gasteiger partial charge in [0.1, 0.15) is 10.7 Å². The molecule has 0 amide bonds. The van der Waals surface area contributed by atoms with Crippen molar-refractivity contribution in [3.8, 4) is 0 Å². The standard InChI is InChI=1S/C20H26N8O2S/c1-14-5-6-17(21-13-14)22-18-7-8-19(24-23-18)27-9-11-28(12-10-27)31(29,30)20-15(2)25-26(4)16(20)3/h5-8,13H,9-12H2,1-4H3,(H,21,22,23). The van der Waals surface area contributed by atoms with Gasteiger partial charge < -0.3 is 10.2 Å². The minimum atomic E-state index is -3.58. The van der Waals surface area contributed by atoms with Crippen LogP contribution >= 0.6 is 0 Å². The normalized spacial score (nSPS) is 15.3. The van der Waals surface area contributed by atoms with Crippen LogP contribution in [0.4, 0.5) is 17.5 Å². The number of aromatic nitrogens is 5. The Bertz CT molecular complexity index is 1170. The van der Waals surface area contributed by atoms with E-state index in [1.165, 1.54) is 4.31 Å². The van der Waals surface area contributed by atoms with Gasteiger partial charge in [-0.15, -0.1) is 10.2 Å². The summed E-state index contributed by atoms with van der Waals surface area (Å²) >= 11 is 0. The largest absolute Gasteiger partial charge is 0.352 e. The van der Waals surface area contributed by atoms with Crippen molar-refractivity contribution < 1.29 is 8.42 Å². The molecule has 3 aromatic rings.